The second kappa shape index (κ2) is 9.42. The van der Waals surface area contributed by atoms with Gasteiger partial charge >= 0.3 is 5.97 Å². The van der Waals surface area contributed by atoms with Crippen molar-refractivity contribution < 1.29 is 23.9 Å². The molecule has 0 spiro atoms. The molecule has 6 nitrogen and oxygen atoms in total. The Labute approximate surface area is 193 Å². The standard InChI is InChI=1S/C24H19NO5S2/c1-15-6-3-4-7-17(15)14-25-22(26)21(32-24(25)28)13-16-9-10-18(19(12-16)29-2)30-23(27)20-8-5-11-31-20/h3-13H,14H2,1-2H3/b21-13-. The molecule has 8 heteroatoms. The van der Waals surface area contributed by atoms with Crippen molar-refractivity contribution in [2.75, 3.05) is 7.11 Å². The van der Waals surface area contributed by atoms with E-state index in [2.05, 4.69) is 0 Å². The maximum absolute atomic E-state index is 12.9. The first-order valence-electron chi connectivity index (χ1n) is 9.70. The number of hydrogen-bond donors (Lipinski definition) is 0. The van der Waals surface area contributed by atoms with Crippen LogP contribution in [0.2, 0.25) is 0 Å². The van der Waals surface area contributed by atoms with Crippen molar-refractivity contribution in [2.45, 2.75) is 13.5 Å². The van der Waals surface area contributed by atoms with E-state index in [0.717, 1.165) is 22.9 Å². The van der Waals surface area contributed by atoms with Crippen molar-refractivity contribution in [3.63, 3.8) is 0 Å². The van der Waals surface area contributed by atoms with Crippen molar-refractivity contribution in [3.8, 4) is 11.5 Å². The van der Waals surface area contributed by atoms with E-state index >= 15 is 0 Å². The molecule has 0 atom stereocenters. The quantitative estimate of drug-likeness (QED) is 0.271. The van der Waals surface area contributed by atoms with Gasteiger partial charge in [0.15, 0.2) is 11.5 Å². The summed E-state index contributed by atoms with van der Waals surface area (Å²) in [5, 5.41) is 1.49. The summed E-state index contributed by atoms with van der Waals surface area (Å²) in [6.07, 6.45) is 1.64. The van der Waals surface area contributed by atoms with Crippen molar-refractivity contribution >= 4 is 46.3 Å². The van der Waals surface area contributed by atoms with Crippen LogP contribution < -0.4 is 9.47 Å². The third-order valence-electron chi connectivity index (χ3n) is 4.87. The zero-order valence-electron chi connectivity index (χ0n) is 17.4. The van der Waals surface area contributed by atoms with Crippen molar-refractivity contribution in [2.24, 2.45) is 0 Å². The molecule has 1 aromatic heterocycles. The fraction of sp³-hybridized carbons (Fsp3) is 0.125. The highest BCUT2D eigenvalue weighted by atomic mass is 32.2. The van der Waals surface area contributed by atoms with Crippen LogP contribution >= 0.6 is 23.1 Å². The van der Waals surface area contributed by atoms with Gasteiger partial charge in [-0.25, -0.2) is 4.79 Å². The zero-order chi connectivity index (χ0) is 22.7. The Bertz CT molecular complexity index is 1220. The predicted octanol–water partition coefficient (Wildman–Crippen LogP) is 5.52. The number of ether oxygens (including phenoxy) is 2. The Balaban J connectivity index is 1.53. The second-order valence-corrected chi connectivity index (χ2v) is 8.91. The smallest absolute Gasteiger partial charge is 0.353 e. The van der Waals surface area contributed by atoms with Crippen LogP contribution in [0.4, 0.5) is 4.79 Å². The highest BCUT2D eigenvalue weighted by Crippen LogP contribution is 2.35. The summed E-state index contributed by atoms with van der Waals surface area (Å²) in [7, 11) is 1.47. The Hall–Kier alpha value is -3.36. The lowest BCUT2D eigenvalue weighted by molar-refractivity contribution is -0.123. The minimum absolute atomic E-state index is 0.232. The summed E-state index contributed by atoms with van der Waals surface area (Å²) in [5.74, 6) is -0.183. The van der Waals surface area contributed by atoms with Crippen LogP contribution in [-0.4, -0.2) is 29.1 Å². The molecule has 0 saturated carbocycles. The van der Waals surface area contributed by atoms with Crippen LogP contribution in [0.3, 0.4) is 0 Å². The summed E-state index contributed by atoms with van der Waals surface area (Å²) in [4.78, 5) is 39.6. The molecule has 0 N–H and O–H groups in total. The van der Waals surface area contributed by atoms with E-state index in [9.17, 15) is 14.4 Å². The number of nitrogens with zero attached hydrogens (tertiary/aromatic N) is 1. The van der Waals surface area contributed by atoms with Gasteiger partial charge in [0, 0.05) is 0 Å². The first-order chi connectivity index (χ1) is 15.5. The molecule has 1 saturated heterocycles. The van der Waals surface area contributed by atoms with Crippen LogP contribution in [0.25, 0.3) is 6.08 Å². The van der Waals surface area contributed by atoms with E-state index in [4.69, 9.17) is 9.47 Å². The van der Waals surface area contributed by atoms with Crippen molar-refractivity contribution in [1.82, 2.24) is 4.90 Å². The monoisotopic (exact) mass is 465 g/mol. The molecular formula is C24H19NO5S2. The molecule has 0 bridgehead atoms. The van der Waals surface area contributed by atoms with Crippen LogP contribution in [0, 0.1) is 6.92 Å². The lowest BCUT2D eigenvalue weighted by Gasteiger charge is -2.14. The first kappa shape index (κ1) is 21.9. The highest BCUT2D eigenvalue weighted by Gasteiger charge is 2.35. The van der Waals surface area contributed by atoms with Crippen LogP contribution in [-0.2, 0) is 11.3 Å². The molecule has 4 rings (SSSR count). The average molecular weight is 466 g/mol. The minimum atomic E-state index is -0.469. The van der Waals surface area contributed by atoms with Gasteiger partial charge in [-0.05, 0) is 65.0 Å². The maximum Gasteiger partial charge on any atom is 0.353 e. The fourth-order valence-electron chi connectivity index (χ4n) is 3.15. The molecule has 0 unspecified atom stereocenters. The van der Waals surface area contributed by atoms with E-state index in [1.165, 1.54) is 23.3 Å². The molecule has 1 aliphatic heterocycles. The largest absolute Gasteiger partial charge is 0.493 e. The number of methoxy groups -OCH3 is 1. The number of amides is 2. The molecule has 2 aromatic carbocycles. The number of thioether (sulfide) groups is 1. The number of imide groups is 1. The Morgan fingerprint density at radius 1 is 1.06 bits per heavy atom. The predicted molar refractivity (Wildman–Crippen MR) is 125 cm³/mol. The number of aryl methyl sites for hydroxylation is 1. The van der Waals surface area contributed by atoms with Crippen LogP contribution in [0.1, 0.15) is 26.4 Å². The van der Waals surface area contributed by atoms with Gasteiger partial charge in [-0.3, -0.25) is 14.5 Å². The SMILES string of the molecule is COc1cc(/C=C2\SC(=O)N(Cc3ccccc3C)C2=O)ccc1OC(=O)c1cccs1. The van der Waals surface area contributed by atoms with E-state index in [0.29, 0.717) is 21.1 Å². The summed E-state index contributed by atoms with van der Waals surface area (Å²) >= 11 is 2.19. The third kappa shape index (κ3) is 4.61. The molecular weight excluding hydrogens is 446 g/mol. The highest BCUT2D eigenvalue weighted by molar-refractivity contribution is 8.18. The van der Waals surface area contributed by atoms with Crippen molar-refractivity contribution in [3.05, 3.63) is 86.5 Å². The Kier molecular flexibility index (Phi) is 6.43. The number of benzene rings is 2. The molecule has 3 aromatic rings. The zero-order valence-corrected chi connectivity index (χ0v) is 19.0. The molecule has 0 radical (unpaired) electrons. The van der Waals surface area contributed by atoms with E-state index in [-0.39, 0.29) is 23.4 Å². The maximum atomic E-state index is 12.9. The van der Waals surface area contributed by atoms with Gasteiger partial charge in [0.2, 0.25) is 0 Å². The van der Waals surface area contributed by atoms with Crippen LogP contribution in [0.15, 0.2) is 64.9 Å². The van der Waals surface area contributed by atoms with Gasteiger partial charge < -0.3 is 9.47 Å². The lowest BCUT2D eigenvalue weighted by Crippen LogP contribution is -2.27. The summed E-state index contributed by atoms with van der Waals surface area (Å²) in [5.41, 5.74) is 2.60. The minimum Gasteiger partial charge on any atom is -0.493 e. The molecule has 162 valence electrons. The number of hydrogen-bond acceptors (Lipinski definition) is 7. The fourth-order valence-corrected chi connectivity index (χ4v) is 4.59. The number of thiophene rings is 1. The van der Waals surface area contributed by atoms with Gasteiger partial charge in [0.25, 0.3) is 11.1 Å². The molecule has 2 heterocycles. The molecule has 0 aliphatic carbocycles. The van der Waals surface area contributed by atoms with Gasteiger partial charge in [-0.1, -0.05) is 36.4 Å². The van der Waals surface area contributed by atoms with Gasteiger partial charge in [0.1, 0.15) is 4.88 Å². The van der Waals surface area contributed by atoms with Gasteiger partial charge in [-0.2, -0.15) is 0 Å². The molecule has 32 heavy (non-hydrogen) atoms. The lowest BCUT2D eigenvalue weighted by atomic mass is 10.1. The first-order valence-corrected chi connectivity index (χ1v) is 11.4. The van der Waals surface area contributed by atoms with E-state index in [1.54, 1.807) is 41.8 Å². The summed E-state index contributed by atoms with van der Waals surface area (Å²) in [6, 6.07) is 16.1. The topological polar surface area (TPSA) is 72.9 Å². The number of rotatable bonds is 6. The number of esters is 1. The normalized spacial score (nSPS) is 14.8. The Morgan fingerprint density at radius 2 is 1.88 bits per heavy atom. The number of carbonyl (C=O) groups is 3. The van der Waals surface area contributed by atoms with Crippen LogP contribution in [0.5, 0.6) is 11.5 Å². The average Bonchev–Trinajstić information content (AvgIpc) is 3.41. The van der Waals surface area contributed by atoms with Crippen molar-refractivity contribution in [1.29, 1.82) is 0 Å². The summed E-state index contributed by atoms with van der Waals surface area (Å²) < 4.78 is 10.8. The van der Waals surface area contributed by atoms with Gasteiger partial charge in [0.05, 0.1) is 18.6 Å². The number of carbonyl (C=O) groups excluding carboxylic acids is 3. The second-order valence-electron chi connectivity index (χ2n) is 6.97. The molecule has 2 amide bonds. The summed E-state index contributed by atoms with van der Waals surface area (Å²) in [6.45, 7) is 2.18. The van der Waals surface area contributed by atoms with E-state index < -0.39 is 5.97 Å². The molecule has 1 fully saturated rings. The third-order valence-corrected chi connectivity index (χ3v) is 6.63. The van der Waals surface area contributed by atoms with Gasteiger partial charge in [-0.15, -0.1) is 11.3 Å². The molecule has 1 aliphatic rings. The Morgan fingerprint density at radius 3 is 2.59 bits per heavy atom. The van der Waals surface area contributed by atoms with E-state index in [1.807, 2.05) is 31.2 Å².